The number of nitrogens with zero attached hydrogens (tertiary/aromatic N) is 1. The number of rotatable bonds is 1. The van der Waals surface area contributed by atoms with Crippen molar-refractivity contribution in [2.24, 2.45) is 0 Å². The van der Waals surface area contributed by atoms with Crippen LogP contribution in [0.1, 0.15) is 21.7 Å². The van der Waals surface area contributed by atoms with Gasteiger partial charge in [0.25, 0.3) is 0 Å². The molecule has 1 N–H and O–H groups in total. The van der Waals surface area contributed by atoms with Gasteiger partial charge in [-0.15, -0.1) is 0 Å². The normalized spacial score (nSPS) is 16.1. The van der Waals surface area contributed by atoms with Crippen LogP contribution in [0.25, 0.3) is 11.0 Å². The zero-order chi connectivity index (χ0) is 12.0. The fraction of sp³-hybridized carbons (Fsp3) is 0.308. The van der Waals surface area contributed by atoms with Crippen molar-refractivity contribution in [3.8, 4) is 0 Å². The van der Waals surface area contributed by atoms with E-state index in [0.29, 0.717) is 12.1 Å². The molecule has 0 bridgehead atoms. The summed E-state index contributed by atoms with van der Waals surface area (Å²) in [5.41, 5.74) is 2.67. The van der Waals surface area contributed by atoms with Crippen LogP contribution in [-0.2, 0) is 13.0 Å². The molecular formula is C13H13NO3. The van der Waals surface area contributed by atoms with E-state index in [-0.39, 0.29) is 5.76 Å². The van der Waals surface area contributed by atoms with E-state index in [1.54, 1.807) is 0 Å². The van der Waals surface area contributed by atoms with Gasteiger partial charge >= 0.3 is 5.97 Å². The molecule has 0 radical (unpaired) electrons. The maximum atomic E-state index is 11.2. The summed E-state index contributed by atoms with van der Waals surface area (Å²) in [4.78, 5) is 13.3. The molecule has 88 valence electrons. The van der Waals surface area contributed by atoms with Crippen molar-refractivity contribution in [3.63, 3.8) is 0 Å². The van der Waals surface area contributed by atoms with E-state index < -0.39 is 5.97 Å². The van der Waals surface area contributed by atoms with Gasteiger partial charge in [-0.05, 0) is 25.1 Å². The topological polar surface area (TPSA) is 53.7 Å². The van der Waals surface area contributed by atoms with Crippen LogP contribution in [-0.4, -0.2) is 29.6 Å². The quantitative estimate of drug-likeness (QED) is 0.816. The van der Waals surface area contributed by atoms with Gasteiger partial charge in [0, 0.05) is 24.0 Å². The van der Waals surface area contributed by atoms with Crippen molar-refractivity contribution in [2.75, 3.05) is 13.6 Å². The number of furan rings is 1. The zero-order valence-electron chi connectivity index (χ0n) is 9.56. The lowest BCUT2D eigenvalue weighted by molar-refractivity contribution is 0.0662. The van der Waals surface area contributed by atoms with Gasteiger partial charge in [-0.3, -0.25) is 0 Å². The number of carboxylic acid groups (broad SMARTS) is 1. The molecule has 0 fully saturated rings. The van der Waals surface area contributed by atoms with Crippen molar-refractivity contribution in [1.82, 2.24) is 4.90 Å². The lowest BCUT2D eigenvalue weighted by atomic mass is 10.0. The summed E-state index contributed by atoms with van der Waals surface area (Å²) in [6.45, 7) is 1.57. The molecule has 1 aromatic carbocycles. The summed E-state index contributed by atoms with van der Waals surface area (Å²) in [5, 5.41) is 10.2. The number of likely N-dealkylation sites (N-methyl/N-ethyl adjacent to an activating group) is 1. The lowest BCUT2D eigenvalue weighted by Crippen LogP contribution is -2.19. The predicted octanol–water partition coefficient (Wildman–Crippen LogP) is 2.12. The fourth-order valence-corrected chi connectivity index (χ4v) is 2.48. The van der Waals surface area contributed by atoms with Crippen molar-refractivity contribution < 1.29 is 14.3 Å². The SMILES string of the molecule is CN1CCc2cccc3oc(C(=O)O)c(c23)C1. The summed E-state index contributed by atoms with van der Waals surface area (Å²) in [6.07, 6.45) is 0.930. The third kappa shape index (κ3) is 1.52. The van der Waals surface area contributed by atoms with Crippen LogP contribution in [0.15, 0.2) is 22.6 Å². The summed E-state index contributed by atoms with van der Waals surface area (Å²) in [7, 11) is 2.00. The van der Waals surface area contributed by atoms with Crippen LogP contribution in [0.3, 0.4) is 0 Å². The van der Waals surface area contributed by atoms with E-state index in [0.717, 1.165) is 23.9 Å². The predicted molar refractivity (Wildman–Crippen MR) is 63.2 cm³/mol. The first-order chi connectivity index (χ1) is 8.16. The van der Waals surface area contributed by atoms with E-state index in [2.05, 4.69) is 4.90 Å². The highest BCUT2D eigenvalue weighted by molar-refractivity contribution is 5.96. The maximum absolute atomic E-state index is 11.2. The van der Waals surface area contributed by atoms with Gasteiger partial charge in [0.15, 0.2) is 0 Å². The second-order valence-corrected chi connectivity index (χ2v) is 4.49. The Bertz CT molecular complexity index is 600. The van der Waals surface area contributed by atoms with Gasteiger partial charge in [-0.25, -0.2) is 4.79 Å². The molecule has 2 aromatic rings. The molecular weight excluding hydrogens is 218 g/mol. The summed E-state index contributed by atoms with van der Waals surface area (Å²) in [5.74, 6) is -0.904. The van der Waals surface area contributed by atoms with Crippen molar-refractivity contribution >= 4 is 16.9 Å². The molecule has 0 amide bonds. The molecule has 1 aliphatic rings. The molecule has 0 unspecified atom stereocenters. The van der Waals surface area contributed by atoms with Crippen molar-refractivity contribution in [2.45, 2.75) is 13.0 Å². The van der Waals surface area contributed by atoms with Crippen molar-refractivity contribution in [3.05, 3.63) is 35.1 Å². The molecule has 3 rings (SSSR count). The third-order valence-electron chi connectivity index (χ3n) is 3.29. The second kappa shape index (κ2) is 3.60. The molecule has 2 heterocycles. The molecule has 0 aliphatic carbocycles. The highest BCUT2D eigenvalue weighted by Gasteiger charge is 2.24. The Kier molecular flexibility index (Phi) is 2.19. The average Bonchev–Trinajstić information content (AvgIpc) is 2.57. The molecule has 17 heavy (non-hydrogen) atoms. The maximum Gasteiger partial charge on any atom is 0.372 e. The Morgan fingerprint density at radius 1 is 1.47 bits per heavy atom. The first-order valence-electron chi connectivity index (χ1n) is 5.62. The second-order valence-electron chi connectivity index (χ2n) is 4.49. The molecule has 0 spiro atoms. The van der Waals surface area contributed by atoms with Crippen LogP contribution in [0.5, 0.6) is 0 Å². The minimum atomic E-state index is -0.988. The molecule has 0 saturated carbocycles. The number of carboxylic acids is 1. The molecule has 4 nitrogen and oxygen atoms in total. The van der Waals surface area contributed by atoms with E-state index in [1.807, 2.05) is 25.2 Å². The first kappa shape index (κ1) is 10.4. The van der Waals surface area contributed by atoms with E-state index in [1.165, 1.54) is 5.56 Å². The van der Waals surface area contributed by atoms with Crippen LogP contribution < -0.4 is 0 Å². The number of hydrogen-bond acceptors (Lipinski definition) is 3. The largest absolute Gasteiger partial charge is 0.475 e. The van der Waals surface area contributed by atoms with Crippen LogP contribution in [0.4, 0.5) is 0 Å². The highest BCUT2D eigenvalue weighted by atomic mass is 16.4. The molecule has 4 heteroatoms. The van der Waals surface area contributed by atoms with E-state index in [4.69, 9.17) is 4.42 Å². The standard InChI is InChI=1S/C13H13NO3/c1-14-6-5-8-3-2-4-10-11(8)9(7-14)12(17-10)13(15)16/h2-4H,5-7H2,1H3,(H,15,16). The Balaban J connectivity index is 2.35. The summed E-state index contributed by atoms with van der Waals surface area (Å²) < 4.78 is 5.45. The third-order valence-corrected chi connectivity index (χ3v) is 3.29. The van der Waals surface area contributed by atoms with E-state index >= 15 is 0 Å². The smallest absolute Gasteiger partial charge is 0.372 e. The van der Waals surface area contributed by atoms with E-state index in [9.17, 15) is 9.90 Å². The van der Waals surface area contributed by atoms with Crippen LogP contribution in [0, 0.1) is 0 Å². The number of benzene rings is 1. The Hall–Kier alpha value is -1.81. The molecule has 0 saturated heterocycles. The molecule has 0 atom stereocenters. The minimum absolute atomic E-state index is 0.0844. The molecule has 1 aliphatic heterocycles. The van der Waals surface area contributed by atoms with Crippen LogP contribution in [0.2, 0.25) is 0 Å². The highest BCUT2D eigenvalue weighted by Crippen LogP contribution is 2.32. The summed E-state index contributed by atoms with van der Waals surface area (Å²) in [6, 6.07) is 5.80. The first-order valence-corrected chi connectivity index (χ1v) is 5.62. The van der Waals surface area contributed by atoms with Gasteiger partial charge in [-0.2, -0.15) is 0 Å². The average molecular weight is 231 g/mol. The summed E-state index contributed by atoms with van der Waals surface area (Å²) >= 11 is 0. The van der Waals surface area contributed by atoms with Gasteiger partial charge in [0.1, 0.15) is 5.58 Å². The molecule has 1 aromatic heterocycles. The van der Waals surface area contributed by atoms with Gasteiger partial charge < -0.3 is 14.4 Å². The lowest BCUT2D eigenvalue weighted by Gasteiger charge is -2.12. The van der Waals surface area contributed by atoms with Gasteiger partial charge in [0.05, 0.1) is 0 Å². The number of aromatic carboxylic acids is 1. The minimum Gasteiger partial charge on any atom is -0.475 e. The monoisotopic (exact) mass is 231 g/mol. The van der Waals surface area contributed by atoms with Crippen LogP contribution >= 0.6 is 0 Å². The van der Waals surface area contributed by atoms with Gasteiger partial charge in [-0.1, -0.05) is 12.1 Å². The van der Waals surface area contributed by atoms with Crippen molar-refractivity contribution in [1.29, 1.82) is 0 Å². The Labute approximate surface area is 98.4 Å². The number of hydrogen-bond donors (Lipinski definition) is 1. The Morgan fingerprint density at radius 2 is 2.29 bits per heavy atom. The van der Waals surface area contributed by atoms with Gasteiger partial charge in [0.2, 0.25) is 5.76 Å². The number of carbonyl (C=O) groups is 1. The Morgan fingerprint density at radius 3 is 3.06 bits per heavy atom. The fourth-order valence-electron chi connectivity index (χ4n) is 2.48. The zero-order valence-corrected chi connectivity index (χ0v) is 9.56.